The van der Waals surface area contributed by atoms with Crippen molar-refractivity contribution in [3.05, 3.63) is 69.8 Å². The van der Waals surface area contributed by atoms with Crippen LogP contribution in [0.2, 0.25) is 0 Å². The highest BCUT2D eigenvalue weighted by atomic mass is 35.5. The van der Waals surface area contributed by atoms with Crippen molar-refractivity contribution in [3.63, 3.8) is 0 Å². The van der Waals surface area contributed by atoms with Gasteiger partial charge in [0.25, 0.3) is 0 Å². The number of rotatable bonds is 14. The summed E-state index contributed by atoms with van der Waals surface area (Å²) in [5.41, 5.74) is 8.54. The van der Waals surface area contributed by atoms with Gasteiger partial charge in [-0.05, 0) is 58.3 Å². The van der Waals surface area contributed by atoms with E-state index < -0.39 is 11.7 Å². The van der Waals surface area contributed by atoms with Crippen molar-refractivity contribution in [3.8, 4) is 0 Å². The second kappa shape index (κ2) is 18.2. The molecule has 5 N–H and O–H groups in total. The Morgan fingerprint density at radius 2 is 1.91 bits per heavy atom. The van der Waals surface area contributed by atoms with Crippen molar-refractivity contribution in [2.75, 3.05) is 46.3 Å². The summed E-state index contributed by atoms with van der Waals surface area (Å²) in [4.78, 5) is 16.9. The lowest BCUT2D eigenvalue weighted by Gasteiger charge is -2.21. The Morgan fingerprint density at radius 1 is 1.20 bits per heavy atom. The van der Waals surface area contributed by atoms with Crippen LogP contribution in [-0.2, 0) is 11.8 Å². The lowest BCUT2D eigenvalue weighted by molar-refractivity contribution is -0.119. The average molecular weight is 655 g/mol. The molecule has 1 aromatic rings. The number of hydrazine groups is 1. The monoisotopic (exact) mass is 654 g/mol. The van der Waals surface area contributed by atoms with Crippen molar-refractivity contribution >= 4 is 23.2 Å². The zero-order chi connectivity index (χ0) is 33.7. The van der Waals surface area contributed by atoms with Crippen LogP contribution in [0.25, 0.3) is 5.70 Å². The number of nitrogens with one attached hydrogen (secondary N) is 1. The Morgan fingerprint density at radius 3 is 2.51 bits per heavy atom. The molecule has 0 aliphatic carbocycles. The lowest BCUT2D eigenvalue weighted by atomic mass is 10.1. The minimum Gasteiger partial charge on any atom is -0.397 e. The van der Waals surface area contributed by atoms with E-state index in [1.807, 2.05) is 58.0 Å². The molecule has 45 heavy (non-hydrogen) atoms. The highest BCUT2D eigenvalue weighted by Crippen LogP contribution is 2.32. The number of aromatic nitrogens is 2. The zero-order valence-electron chi connectivity index (χ0n) is 27.4. The number of carbonyl (C=O) groups is 1. The van der Waals surface area contributed by atoms with Gasteiger partial charge in [0.05, 0.1) is 17.5 Å². The number of allylic oxidation sites excluding steroid dienone is 5. The molecule has 0 spiro atoms. The maximum atomic E-state index is 14.0. The van der Waals surface area contributed by atoms with Gasteiger partial charge in [-0.1, -0.05) is 56.2 Å². The van der Waals surface area contributed by atoms with E-state index in [1.165, 1.54) is 5.01 Å². The summed E-state index contributed by atoms with van der Waals surface area (Å²) in [5.74, 6) is 5.83. The Hall–Kier alpha value is -3.06. The molecular formula is C32H50ClF3N8O. The molecule has 2 rings (SSSR count). The van der Waals surface area contributed by atoms with Crippen LogP contribution in [0.1, 0.15) is 57.7 Å². The number of aryl methyl sites for hydroxylation is 1. The van der Waals surface area contributed by atoms with Crippen LogP contribution in [0.5, 0.6) is 0 Å². The molecule has 0 bridgehead atoms. The van der Waals surface area contributed by atoms with E-state index in [-0.39, 0.29) is 41.9 Å². The Balaban J connectivity index is 2.03. The Kier molecular flexibility index (Phi) is 15.4. The van der Waals surface area contributed by atoms with Crippen LogP contribution < -0.4 is 16.9 Å². The van der Waals surface area contributed by atoms with Gasteiger partial charge in [0, 0.05) is 67.8 Å². The molecule has 0 radical (unpaired) electrons. The number of hydrogen-bond acceptors (Lipinski definition) is 7. The van der Waals surface area contributed by atoms with Crippen molar-refractivity contribution in [1.82, 2.24) is 29.9 Å². The summed E-state index contributed by atoms with van der Waals surface area (Å²) in [6, 6.07) is 0. The van der Waals surface area contributed by atoms with Crippen LogP contribution in [0.3, 0.4) is 0 Å². The van der Waals surface area contributed by atoms with Gasteiger partial charge in [0.15, 0.2) is 0 Å². The molecule has 9 nitrogen and oxygen atoms in total. The van der Waals surface area contributed by atoms with Gasteiger partial charge in [0.1, 0.15) is 0 Å². The number of nitrogens with zero attached hydrogens (tertiary/aromatic N) is 5. The third-order valence-corrected chi connectivity index (χ3v) is 8.06. The topological polar surface area (TPSA) is 109 Å². The van der Waals surface area contributed by atoms with Gasteiger partial charge in [-0.25, -0.2) is 5.84 Å². The summed E-state index contributed by atoms with van der Waals surface area (Å²) < 4.78 is 43.9. The lowest BCUT2D eigenvalue weighted by Crippen LogP contribution is -2.31. The van der Waals surface area contributed by atoms with E-state index in [0.717, 1.165) is 42.4 Å². The van der Waals surface area contributed by atoms with Gasteiger partial charge in [-0.15, -0.1) is 0 Å². The predicted molar refractivity (Wildman–Crippen MR) is 176 cm³/mol. The van der Waals surface area contributed by atoms with Gasteiger partial charge in [-0.2, -0.15) is 18.3 Å². The summed E-state index contributed by atoms with van der Waals surface area (Å²) >= 11 is 6.28. The normalized spacial score (nSPS) is 17.8. The van der Waals surface area contributed by atoms with Crippen LogP contribution in [0.4, 0.5) is 13.2 Å². The average Bonchev–Trinajstić information content (AvgIpc) is 3.15. The summed E-state index contributed by atoms with van der Waals surface area (Å²) in [6.07, 6.45) is 7.10. The number of likely N-dealkylation sites (N-methyl/N-ethyl adjacent to an activating group) is 1. The first kappa shape index (κ1) is 38.1. The fourth-order valence-electron chi connectivity index (χ4n) is 4.84. The first-order valence-corrected chi connectivity index (χ1v) is 15.7. The predicted octanol–water partition coefficient (Wildman–Crippen LogP) is 5.18. The molecule has 1 atom stereocenters. The maximum absolute atomic E-state index is 14.0. The number of alkyl halides is 3. The van der Waals surface area contributed by atoms with E-state index in [2.05, 4.69) is 15.3 Å². The van der Waals surface area contributed by atoms with Gasteiger partial charge < -0.3 is 21.0 Å². The van der Waals surface area contributed by atoms with E-state index in [0.29, 0.717) is 31.8 Å². The molecule has 1 unspecified atom stereocenters. The molecule has 1 aliphatic rings. The quantitative estimate of drug-likeness (QED) is 0.144. The van der Waals surface area contributed by atoms with Gasteiger partial charge in [-0.3, -0.25) is 14.4 Å². The highest BCUT2D eigenvalue weighted by molar-refractivity contribution is 6.30. The summed E-state index contributed by atoms with van der Waals surface area (Å²) in [5, 5.41) is 8.11. The van der Waals surface area contributed by atoms with Gasteiger partial charge in [0.2, 0.25) is 5.91 Å². The third kappa shape index (κ3) is 13.1. The van der Waals surface area contributed by atoms with Crippen molar-refractivity contribution in [1.29, 1.82) is 0 Å². The maximum Gasteiger partial charge on any atom is 0.417 e. The number of amides is 1. The standard InChI is InChI=1S/C32H50ClF3N8O/c1-7-25(12-9-11-23(3)20-44(38)22-30(37)27-19-39-42(6)24(27)4)17-31(45)40-26(8-2)18-28(32(34,35)36)29(33)21-43-14-10-13-41(5)15-16-43/h9,11-12,18-19,22-23H,7-8,10,13-17,20-21,37-38H2,1-6H3,(H,40,45)/b11-9?,25-12+,26-18+,29-28-,30-22-. The highest BCUT2D eigenvalue weighted by Gasteiger charge is 2.35. The van der Waals surface area contributed by atoms with E-state index in [4.69, 9.17) is 23.2 Å². The molecule has 1 aromatic heterocycles. The summed E-state index contributed by atoms with van der Waals surface area (Å²) in [7, 11) is 3.84. The van der Waals surface area contributed by atoms with Crippen LogP contribution in [0, 0.1) is 12.8 Å². The molecule has 2 heterocycles. The van der Waals surface area contributed by atoms with Gasteiger partial charge >= 0.3 is 6.18 Å². The van der Waals surface area contributed by atoms with E-state index >= 15 is 0 Å². The molecule has 252 valence electrons. The zero-order valence-corrected chi connectivity index (χ0v) is 28.2. The minimum absolute atomic E-state index is 0.00885. The van der Waals surface area contributed by atoms with Crippen molar-refractivity contribution in [2.24, 2.45) is 24.5 Å². The molecule has 0 aromatic carbocycles. The van der Waals surface area contributed by atoms with Crippen molar-refractivity contribution in [2.45, 2.75) is 59.6 Å². The molecule has 0 saturated carbocycles. The van der Waals surface area contributed by atoms with Crippen LogP contribution in [0.15, 0.2) is 58.6 Å². The number of carbonyl (C=O) groups excluding carboxylic acids is 1. The van der Waals surface area contributed by atoms with Crippen LogP contribution in [-0.4, -0.2) is 83.0 Å². The fraction of sp³-hybridized carbons (Fsp3) is 0.562. The fourth-order valence-corrected chi connectivity index (χ4v) is 5.17. The molecular weight excluding hydrogens is 605 g/mol. The minimum atomic E-state index is -4.65. The number of halogens is 4. The number of hydrogen-bond donors (Lipinski definition) is 3. The number of nitrogens with two attached hydrogens (primary N) is 2. The largest absolute Gasteiger partial charge is 0.417 e. The molecule has 1 fully saturated rings. The molecule has 1 amide bonds. The Labute approximate surface area is 271 Å². The Bertz CT molecular complexity index is 1280. The molecule has 13 heteroatoms. The van der Waals surface area contributed by atoms with E-state index in [9.17, 15) is 18.0 Å². The van der Waals surface area contributed by atoms with Crippen LogP contribution >= 0.6 is 11.6 Å². The smallest absolute Gasteiger partial charge is 0.397 e. The second-order valence-corrected chi connectivity index (χ2v) is 12.0. The second-order valence-electron chi connectivity index (χ2n) is 11.6. The first-order valence-electron chi connectivity index (χ1n) is 15.3. The van der Waals surface area contributed by atoms with Crippen molar-refractivity contribution < 1.29 is 18.0 Å². The van der Waals surface area contributed by atoms with E-state index in [1.54, 1.807) is 24.0 Å². The third-order valence-electron chi connectivity index (χ3n) is 7.73. The molecule has 1 aliphatic heterocycles. The SMILES string of the molecule is CC/C(=C\C=CC(C)CN(N)/C=C(\N)c1cnn(C)c1C)CC(=O)N/C(=C/C(=C(/Cl)CN1CCCN(C)CC1)C(F)(F)F)CC. The summed E-state index contributed by atoms with van der Waals surface area (Å²) in [6.45, 7) is 11.0. The molecule has 1 saturated heterocycles. The first-order chi connectivity index (χ1) is 21.1.